The Labute approximate surface area is 121 Å². The molecule has 0 aliphatic carbocycles. The van der Waals surface area contributed by atoms with Gasteiger partial charge >= 0.3 is 0 Å². The van der Waals surface area contributed by atoms with Crippen LogP contribution in [0.1, 0.15) is 19.4 Å². The number of ether oxygens (including phenoxy) is 1. The van der Waals surface area contributed by atoms with Crippen LogP contribution in [-0.2, 0) is 4.79 Å². The van der Waals surface area contributed by atoms with Crippen LogP contribution in [0.3, 0.4) is 0 Å². The monoisotopic (exact) mass is 327 g/mol. The molecule has 1 rings (SSSR count). The second kappa shape index (κ2) is 6.73. The Balaban J connectivity index is 2.81. The molecule has 1 aromatic carbocycles. The van der Waals surface area contributed by atoms with Crippen molar-refractivity contribution < 1.29 is 14.6 Å². The number of carbonyl (C=O) groups excluding carboxylic acids is 1. The lowest BCUT2D eigenvalue weighted by molar-refractivity contribution is -0.118. The molecule has 4 nitrogen and oxygen atoms in total. The first kappa shape index (κ1) is 15.7. The lowest BCUT2D eigenvalue weighted by Crippen LogP contribution is -2.45. The van der Waals surface area contributed by atoms with Crippen LogP contribution in [0.4, 0.5) is 0 Å². The Kier molecular flexibility index (Phi) is 5.57. The van der Waals surface area contributed by atoms with Gasteiger partial charge in [0.1, 0.15) is 5.75 Å². The van der Waals surface area contributed by atoms with Crippen molar-refractivity contribution >= 4 is 27.9 Å². The predicted molar refractivity (Wildman–Crippen MR) is 79.0 cm³/mol. The maximum absolute atomic E-state index is 11.7. The predicted octanol–water partition coefficient (Wildman–Crippen LogP) is 2.36. The maximum Gasteiger partial charge on any atom is 0.244 e. The molecule has 1 aromatic rings. The number of methoxy groups -OCH3 is 1. The van der Waals surface area contributed by atoms with Crippen molar-refractivity contribution in [3.05, 3.63) is 34.3 Å². The third-order valence-electron chi connectivity index (χ3n) is 2.46. The van der Waals surface area contributed by atoms with E-state index < -0.39 is 5.54 Å². The Bertz CT molecular complexity index is 484. The number of amides is 1. The molecule has 19 heavy (non-hydrogen) atoms. The van der Waals surface area contributed by atoms with Crippen LogP contribution in [0.15, 0.2) is 28.7 Å². The van der Waals surface area contributed by atoms with Gasteiger partial charge in [-0.2, -0.15) is 0 Å². The molecule has 0 aromatic heterocycles. The topological polar surface area (TPSA) is 58.6 Å². The minimum Gasteiger partial charge on any atom is -0.496 e. The molecule has 2 N–H and O–H groups in total. The van der Waals surface area contributed by atoms with Crippen molar-refractivity contribution in [3.63, 3.8) is 0 Å². The Morgan fingerprint density at radius 2 is 2.21 bits per heavy atom. The van der Waals surface area contributed by atoms with Crippen LogP contribution in [0, 0.1) is 0 Å². The van der Waals surface area contributed by atoms with Gasteiger partial charge in [0.2, 0.25) is 5.91 Å². The summed E-state index contributed by atoms with van der Waals surface area (Å²) in [7, 11) is 1.58. The molecule has 0 aliphatic rings. The zero-order valence-corrected chi connectivity index (χ0v) is 12.8. The van der Waals surface area contributed by atoms with Crippen LogP contribution in [0.5, 0.6) is 5.75 Å². The van der Waals surface area contributed by atoms with Gasteiger partial charge < -0.3 is 15.2 Å². The first-order chi connectivity index (χ1) is 8.88. The normalized spacial score (nSPS) is 11.6. The van der Waals surface area contributed by atoms with Gasteiger partial charge in [0, 0.05) is 16.1 Å². The van der Waals surface area contributed by atoms with Crippen LogP contribution < -0.4 is 10.1 Å². The first-order valence-corrected chi connectivity index (χ1v) is 6.62. The molecule has 0 radical (unpaired) electrons. The van der Waals surface area contributed by atoms with Crippen LogP contribution in [0.25, 0.3) is 6.08 Å². The lowest BCUT2D eigenvalue weighted by Gasteiger charge is -2.22. The van der Waals surface area contributed by atoms with E-state index in [1.54, 1.807) is 27.0 Å². The molecule has 0 saturated carbocycles. The summed E-state index contributed by atoms with van der Waals surface area (Å²) in [5.41, 5.74) is 0.164. The van der Waals surface area contributed by atoms with Gasteiger partial charge in [-0.25, -0.2) is 0 Å². The van der Waals surface area contributed by atoms with E-state index in [1.807, 2.05) is 18.2 Å². The van der Waals surface area contributed by atoms with Crippen LogP contribution >= 0.6 is 15.9 Å². The van der Waals surface area contributed by atoms with Gasteiger partial charge in [0.15, 0.2) is 0 Å². The number of aliphatic hydroxyl groups excluding tert-OH is 1. The molecular weight excluding hydrogens is 310 g/mol. The maximum atomic E-state index is 11.7. The minimum absolute atomic E-state index is 0.118. The Hall–Kier alpha value is -1.33. The van der Waals surface area contributed by atoms with Crippen molar-refractivity contribution in [2.45, 2.75) is 19.4 Å². The largest absolute Gasteiger partial charge is 0.496 e. The number of carbonyl (C=O) groups is 1. The summed E-state index contributed by atoms with van der Waals surface area (Å²) in [6, 6.07) is 5.55. The number of hydrogen-bond donors (Lipinski definition) is 2. The van der Waals surface area contributed by atoms with Crippen molar-refractivity contribution in [2.75, 3.05) is 13.7 Å². The summed E-state index contributed by atoms with van der Waals surface area (Å²) >= 11 is 3.37. The number of benzene rings is 1. The molecule has 0 saturated heterocycles. The molecule has 104 valence electrons. The average molecular weight is 328 g/mol. The zero-order valence-electron chi connectivity index (χ0n) is 11.2. The van der Waals surface area contributed by atoms with Crippen molar-refractivity contribution in [1.29, 1.82) is 0 Å². The van der Waals surface area contributed by atoms with E-state index in [9.17, 15) is 4.79 Å². The van der Waals surface area contributed by atoms with Gasteiger partial charge in [-0.15, -0.1) is 0 Å². The van der Waals surface area contributed by atoms with E-state index >= 15 is 0 Å². The molecule has 0 fully saturated rings. The fraction of sp³-hybridized carbons (Fsp3) is 0.357. The van der Waals surface area contributed by atoms with Gasteiger partial charge in [-0.1, -0.05) is 15.9 Å². The summed E-state index contributed by atoms with van der Waals surface area (Å²) < 4.78 is 6.12. The molecule has 0 aliphatic heterocycles. The highest BCUT2D eigenvalue weighted by atomic mass is 79.9. The van der Waals surface area contributed by atoms with Gasteiger partial charge in [-0.05, 0) is 38.1 Å². The summed E-state index contributed by atoms with van der Waals surface area (Å²) in [6.45, 7) is 3.38. The fourth-order valence-corrected chi connectivity index (χ4v) is 1.79. The third kappa shape index (κ3) is 5.04. The molecule has 0 unspecified atom stereocenters. The van der Waals surface area contributed by atoms with E-state index in [0.717, 1.165) is 10.0 Å². The highest BCUT2D eigenvalue weighted by Crippen LogP contribution is 2.24. The highest BCUT2D eigenvalue weighted by molar-refractivity contribution is 9.10. The second-order valence-electron chi connectivity index (χ2n) is 4.75. The Morgan fingerprint density at radius 3 is 2.79 bits per heavy atom. The number of hydrogen-bond acceptors (Lipinski definition) is 3. The smallest absolute Gasteiger partial charge is 0.244 e. The number of aliphatic hydroxyl groups is 1. The molecule has 5 heteroatoms. The van der Waals surface area contributed by atoms with Crippen LogP contribution in [-0.4, -0.2) is 30.3 Å². The molecule has 0 spiro atoms. The van der Waals surface area contributed by atoms with Gasteiger partial charge in [-0.3, -0.25) is 4.79 Å². The van der Waals surface area contributed by atoms with E-state index in [-0.39, 0.29) is 12.5 Å². The molecular formula is C14H18BrNO3. The molecule has 1 amide bonds. The Morgan fingerprint density at radius 1 is 1.53 bits per heavy atom. The summed E-state index contributed by atoms with van der Waals surface area (Å²) in [4.78, 5) is 11.7. The van der Waals surface area contributed by atoms with Gasteiger partial charge in [0.05, 0.1) is 19.3 Å². The SMILES string of the molecule is COc1ccc(Br)cc1/C=C/C(=O)NC(C)(C)CO. The van der Waals surface area contributed by atoms with Crippen molar-refractivity contribution in [3.8, 4) is 5.75 Å². The number of nitrogens with one attached hydrogen (secondary N) is 1. The van der Waals surface area contributed by atoms with Crippen LogP contribution in [0.2, 0.25) is 0 Å². The standard InChI is InChI=1S/C14H18BrNO3/c1-14(2,9-17)16-13(18)7-4-10-8-11(15)5-6-12(10)19-3/h4-8,17H,9H2,1-3H3,(H,16,18)/b7-4+. The summed E-state index contributed by atoms with van der Waals surface area (Å²) in [5, 5.41) is 11.8. The molecule has 0 atom stereocenters. The lowest BCUT2D eigenvalue weighted by atomic mass is 10.1. The number of halogens is 1. The van der Waals surface area contributed by atoms with Crippen molar-refractivity contribution in [2.24, 2.45) is 0 Å². The van der Waals surface area contributed by atoms with E-state index in [4.69, 9.17) is 9.84 Å². The fourth-order valence-electron chi connectivity index (χ4n) is 1.42. The third-order valence-corrected chi connectivity index (χ3v) is 2.96. The van der Waals surface area contributed by atoms with E-state index in [0.29, 0.717) is 5.75 Å². The van der Waals surface area contributed by atoms with Crippen molar-refractivity contribution in [1.82, 2.24) is 5.32 Å². The number of rotatable bonds is 5. The highest BCUT2D eigenvalue weighted by Gasteiger charge is 2.17. The van der Waals surface area contributed by atoms with E-state index in [1.165, 1.54) is 6.08 Å². The first-order valence-electron chi connectivity index (χ1n) is 5.82. The average Bonchev–Trinajstić information content (AvgIpc) is 2.36. The second-order valence-corrected chi connectivity index (χ2v) is 5.67. The zero-order chi connectivity index (χ0) is 14.5. The molecule has 0 bridgehead atoms. The quantitative estimate of drug-likeness (QED) is 0.816. The summed E-state index contributed by atoms with van der Waals surface area (Å²) in [5.74, 6) is 0.426. The minimum atomic E-state index is -0.636. The molecule has 0 heterocycles. The summed E-state index contributed by atoms with van der Waals surface area (Å²) in [6.07, 6.45) is 3.09. The van der Waals surface area contributed by atoms with Gasteiger partial charge in [0.25, 0.3) is 0 Å². The van der Waals surface area contributed by atoms with E-state index in [2.05, 4.69) is 21.2 Å².